The van der Waals surface area contributed by atoms with Gasteiger partial charge in [-0.15, -0.1) is 11.6 Å². The van der Waals surface area contributed by atoms with Crippen LogP contribution in [0.1, 0.15) is 19.4 Å². The quantitative estimate of drug-likeness (QED) is 0.675. The van der Waals surface area contributed by atoms with Crippen molar-refractivity contribution >= 4 is 29.3 Å². The average molecular weight is 247 g/mol. The second-order valence-electron chi connectivity index (χ2n) is 3.68. The van der Waals surface area contributed by atoms with E-state index in [9.17, 15) is 4.39 Å². The van der Waals surface area contributed by atoms with Gasteiger partial charge in [-0.1, -0.05) is 43.2 Å². The van der Waals surface area contributed by atoms with Gasteiger partial charge in [-0.05, 0) is 23.6 Å². The summed E-state index contributed by atoms with van der Waals surface area (Å²) in [6.07, 6.45) is 1.95. The van der Waals surface area contributed by atoms with E-state index in [0.717, 1.165) is 11.1 Å². The number of allylic oxidation sites excluding steroid dienone is 1. The molecule has 0 radical (unpaired) electrons. The van der Waals surface area contributed by atoms with Crippen molar-refractivity contribution in [2.24, 2.45) is 5.92 Å². The summed E-state index contributed by atoms with van der Waals surface area (Å²) >= 11 is 11.5. The third kappa shape index (κ3) is 3.51. The highest BCUT2D eigenvalue weighted by Crippen LogP contribution is 2.20. The van der Waals surface area contributed by atoms with Crippen molar-refractivity contribution in [1.29, 1.82) is 0 Å². The molecular formula is C12H13Cl2F. The van der Waals surface area contributed by atoms with E-state index in [1.54, 1.807) is 12.1 Å². The fourth-order valence-electron chi connectivity index (χ4n) is 1.18. The molecule has 0 bridgehead atoms. The van der Waals surface area contributed by atoms with Crippen LogP contribution in [-0.2, 0) is 0 Å². The lowest BCUT2D eigenvalue weighted by molar-refractivity contribution is 0.628. The number of hydrogen-bond acceptors (Lipinski definition) is 0. The van der Waals surface area contributed by atoms with E-state index >= 15 is 0 Å². The lowest BCUT2D eigenvalue weighted by atomic mass is 10.0. The Labute approximate surface area is 99.7 Å². The van der Waals surface area contributed by atoms with Gasteiger partial charge >= 0.3 is 0 Å². The van der Waals surface area contributed by atoms with Gasteiger partial charge in [-0.3, -0.25) is 0 Å². The molecule has 1 aromatic carbocycles. The molecule has 0 aliphatic heterocycles. The molecule has 0 atom stereocenters. The van der Waals surface area contributed by atoms with Crippen molar-refractivity contribution in [2.75, 3.05) is 5.88 Å². The van der Waals surface area contributed by atoms with Crippen LogP contribution in [0.25, 0.3) is 6.08 Å². The van der Waals surface area contributed by atoms with Crippen LogP contribution in [0.2, 0.25) is 5.02 Å². The minimum absolute atomic E-state index is 0.140. The first-order valence-electron chi connectivity index (χ1n) is 4.76. The van der Waals surface area contributed by atoms with Gasteiger partial charge in [0.05, 0.1) is 5.02 Å². The van der Waals surface area contributed by atoms with Crippen LogP contribution in [0.5, 0.6) is 0 Å². The molecule has 15 heavy (non-hydrogen) atoms. The fourth-order valence-corrected chi connectivity index (χ4v) is 1.75. The maximum atomic E-state index is 12.9. The number of alkyl halides is 1. The molecule has 0 nitrogen and oxygen atoms in total. The highest BCUT2D eigenvalue weighted by molar-refractivity contribution is 6.30. The Morgan fingerprint density at radius 1 is 1.47 bits per heavy atom. The van der Waals surface area contributed by atoms with Gasteiger partial charge in [-0.2, -0.15) is 0 Å². The highest BCUT2D eigenvalue weighted by atomic mass is 35.5. The third-order valence-electron chi connectivity index (χ3n) is 2.19. The van der Waals surface area contributed by atoms with Gasteiger partial charge in [0.2, 0.25) is 0 Å². The second-order valence-corrected chi connectivity index (χ2v) is 4.36. The normalized spacial score (nSPS) is 12.3. The van der Waals surface area contributed by atoms with E-state index in [1.807, 2.05) is 6.08 Å². The van der Waals surface area contributed by atoms with Crippen LogP contribution < -0.4 is 0 Å². The third-order valence-corrected chi connectivity index (χ3v) is 2.79. The van der Waals surface area contributed by atoms with E-state index < -0.39 is 5.82 Å². The number of hydrogen-bond donors (Lipinski definition) is 0. The summed E-state index contributed by atoms with van der Waals surface area (Å²) in [6.45, 7) is 4.14. The van der Waals surface area contributed by atoms with Gasteiger partial charge in [-0.25, -0.2) is 4.39 Å². The van der Waals surface area contributed by atoms with Crippen LogP contribution >= 0.6 is 23.2 Å². The minimum atomic E-state index is -0.397. The van der Waals surface area contributed by atoms with Crippen LogP contribution in [0, 0.1) is 11.7 Å². The van der Waals surface area contributed by atoms with Crippen molar-refractivity contribution in [2.45, 2.75) is 13.8 Å². The van der Waals surface area contributed by atoms with Crippen molar-refractivity contribution in [1.82, 2.24) is 0 Å². The molecular weight excluding hydrogens is 234 g/mol. The van der Waals surface area contributed by atoms with E-state index in [2.05, 4.69) is 13.8 Å². The number of halogens is 3. The molecule has 0 amide bonds. The summed E-state index contributed by atoms with van der Waals surface area (Å²) in [5, 5.41) is 0.140. The summed E-state index contributed by atoms with van der Waals surface area (Å²) in [5.74, 6) is 0.462. The molecule has 0 N–H and O–H groups in total. The van der Waals surface area contributed by atoms with E-state index in [0.29, 0.717) is 11.8 Å². The average Bonchev–Trinajstić information content (AvgIpc) is 2.19. The van der Waals surface area contributed by atoms with Crippen molar-refractivity contribution in [3.63, 3.8) is 0 Å². The SMILES string of the molecule is CC(C)/C(=C/c1ccc(F)c(Cl)c1)CCl. The molecule has 0 spiro atoms. The van der Waals surface area contributed by atoms with E-state index in [4.69, 9.17) is 23.2 Å². The van der Waals surface area contributed by atoms with Crippen LogP contribution in [0.15, 0.2) is 23.8 Å². The van der Waals surface area contributed by atoms with E-state index in [1.165, 1.54) is 6.07 Å². The minimum Gasteiger partial charge on any atom is -0.205 e. The Hall–Kier alpha value is -0.530. The molecule has 0 aromatic heterocycles. The molecule has 0 fully saturated rings. The summed E-state index contributed by atoms with van der Waals surface area (Å²) in [4.78, 5) is 0. The molecule has 0 saturated carbocycles. The second kappa shape index (κ2) is 5.53. The Balaban J connectivity index is 3.01. The predicted molar refractivity (Wildman–Crippen MR) is 64.9 cm³/mol. The topological polar surface area (TPSA) is 0 Å². The zero-order chi connectivity index (χ0) is 11.4. The Bertz CT molecular complexity index is 370. The Kier molecular flexibility index (Phi) is 4.62. The molecule has 3 heteroatoms. The van der Waals surface area contributed by atoms with Crippen LogP contribution in [-0.4, -0.2) is 5.88 Å². The summed E-state index contributed by atoms with van der Waals surface area (Å²) in [5.41, 5.74) is 1.99. The first-order valence-corrected chi connectivity index (χ1v) is 5.67. The number of benzene rings is 1. The van der Waals surface area contributed by atoms with Crippen molar-refractivity contribution in [3.05, 3.63) is 40.2 Å². The van der Waals surface area contributed by atoms with Crippen molar-refractivity contribution in [3.8, 4) is 0 Å². The van der Waals surface area contributed by atoms with Gasteiger partial charge in [0.1, 0.15) is 5.82 Å². The first kappa shape index (κ1) is 12.5. The van der Waals surface area contributed by atoms with E-state index in [-0.39, 0.29) is 5.02 Å². The van der Waals surface area contributed by atoms with Crippen LogP contribution in [0.3, 0.4) is 0 Å². The van der Waals surface area contributed by atoms with Gasteiger partial charge in [0.15, 0.2) is 0 Å². The molecule has 0 saturated heterocycles. The van der Waals surface area contributed by atoms with Gasteiger partial charge < -0.3 is 0 Å². The smallest absolute Gasteiger partial charge is 0.141 e. The largest absolute Gasteiger partial charge is 0.205 e. The lowest BCUT2D eigenvalue weighted by Gasteiger charge is -2.07. The fraction of sp³-hybridized carbons (Fsp3) is 0.333. The van der Waals surface area contributed by atoms with Gasteiger partial charge in [0.25, 0.3) is 0 Å². The zero-order valence-electron chi connectivity index (χ0n) is 8.73. The maximum Gasteiger partial charge on any atom is 0.141 e. The zero-order valence-corrected chi connectivity index (χ0v) is 10.2. The monoisotopic (exact) mass is 246 g/mol. The Morgan fingerprint density at radius 3 is 2.60 bits per heavy atom. The summed E-state index contributed by atoms with van der Waals surface area (Å²) in [6, 6.07) is 4.66. The Morgan fingerprint density at radius 2 is 2.13 bits per heavy atom. The molecule has 1 aromatic rings. The van der Waals surface area contributed by atoms with Crippen LogP contribution in [0.4, 0.5) is 4.39 Å². The molecule has 0 aliphatic carbocycles. The lowest BCUT2D eigenvalue weighted by Crippen LogP contribution is -1.95. The standard InChI is InChI=1S/C12H13Cl2F/c1-8(2)10(7-13)5-9-3-4-12(15)11(14)6-9/h3-6,8H,7H2,1-2H3/b10-5+. The predicted octanol–water partition coefficient (Wildman–Crippen LogP) is 4.76. The summed E-state index contributed by atoms with van der Waals surface area (Å²) < 4.78 is 12.9. The van der Waals surface area contributed by atoms with Gasteiger partial charge in [0, 0.05) is 5.88 Å². The molecule has 0 heterocycles. The van der Waals surface area contributed by atoms with Crippen molar-refractivity contribution < 1.29 is 4.39 Å². The first-order chi connectivity index (χ1) is 7.04. The summed E-state index contributed by atoms with van der Waals surface area (Å²) in [7, 11) is 0. The highest BCUT2D eigenvalue weighted by Gasteiger charge is 2.03. The molecule has 82 valence electrons. The molecule has 0 aliphatic rings. The molecule has 0 unspecified atom stereocenters. The maximum absolute atomic E-state index is 12.9. The molecule has 1 rings (SSSR count). The number of rotatable bonds is 3.